The summed E-state index contributed by atoms with van der Waals surface area (Å²) in [5.74, 6) is -0.821. The molecule has 1 aromatic carbocycles. The lowest BCUT2D eigenvalue weighted by Crippen LogP contribution is -2.06. The summed E-state index contributed by atoms with van der Waals surface area (Å²) >= 11 is 5.70. The van der Waals surface area contributed by atoms with Crippen LogP contribution in [0.1, 0.15) is 5.56 Å². The van der Waals surface area contributed by atoms with Crippen molar-refractivity contribution < 1.29 is 8.78 Å². The molecule has 6 heteroatoms. The molecule has 0 atom stereocenters. The Morgan fingerprint density at radius 3 is 2.72 bits per heavy atom. The van der Waals surface area contributed by atoms with Crippen LogP contribution in [-0.4, -0.2) is 4.98 Å². The molecule has 18 heavy (non-hydrogen) atoms. The van der Waals surface area contributed by atoms with Crippen LogP contribution in [0.2, 0.25) is 5.02 Å². The van der Waals surface area contributed by atoms with E-state index in [1.54, 1.807) is 0 Å². The van der Waals surface area contributed by atoms with E-state index in [9.17, 15) is 8.78 Å². The van der Waals surface area contributed by atoms with Crippen molar-refractivity contribution in [2.24, 2.45) is 0 Å². The van der Waals surface area contributed by atoms with E-state index in [1.807, 2.05) is 0 Å². The maximum atomic E-state index is 13.4. The fourth-order valence-corrected chi connectivity index (χ4v) is 1.61. The monoisotopic (exact) mass is 269 g/mol. The summed E-state index contributed by atoms with van der Waals surface area (Å²) in [5.41, 5.74) is 6.38. The van der Waals surface area contributed by atoms with Gasteiger partial charge in [0.15, 0.2) is 0 Å². The minimum atomic E-state index is -0.616. The zero-order chi connectivity index (χ0) is 13.1. The van der Waals surface area contributed by atoms with Gasteiger partial charge in [0.25, 0.3) is 0 Å². The van der Waals surface area contributed by atoms with Crippen molar-refractivity contribution in [2.75, 3.05) is 11.1 Å². The number of halogens is 3. The number of rotatable bonds is 3. The molecule has 0 spiro atoms. The molecule has 0 fully saturated rings. The zero-order valence-corrected chi connectivity index (χ0v) is 10.0. The molecule has 3 nitrogen and oxygen atoms in total. The van der Waals surface area contributed by atoms with Crippen LogP contribution in [0, 0.1) is 11.6 Å². The summed E-state index contributed by atoms with van der Waals surface area (Å²) in [6.45, 7) is 0.158. The molecule has 0 aliphatic rings. The van der Waals surface area contributed by atoms with Gasteiger partial charge in [-0.1, -0.05) is 17.7 Å². The first-order chi connectivity index (χ1) is 8.56. The van der Waals surface area contributed by atoms with Crippen LogP contribution in [0.15, 0.2) is 30.5 Å². The highest BCUT2D eigenvalue weighted by Crippen LogP contribution is 2.20. The lowest BCUT2D eigenvalue weighted by Gasteiger charge is -2.09. The van der Waals surface area contributed by atoms with Crippen LogP contribution in [0.25, 0.3) is 0 Å². The molecule has 0 saturated heterocycles. The Morgan fingerprint density at radius 2 is 2.06 bits per heavy atom. The van der Waals surface area contributed by atoms with Gasteiger partial charge >= 0.3 is 0 Å². The standard InChI is InChI=1S/C12H10ClF2N3/c13-8-3-11(16)12(18-6-8)17-5-7-1-2-9(14)4-10(7)15/h1-4,6H,5,16H2,(H,17,18). The van der Waals surface area contributed by atoms with Crippen LogP contribution in [-0.2, 0) is 6.54 Å². The second-order valence-corrected chi connectivity index (χ2v) is 4.12. The summed E-state index contributed by atoms with van der Waals surface area (Å²) < 4.78 is 26.1. The number of benzene rings is 1. The highest BCUT2D eigenvalue weighted by molar-refractivity contribution is 6.30. The van der Waals surface area contributed by atoms with Gasteiger partial charge in [-0.3, -0.25) is 0 Å². The lowest BCUT2D eigenvalue weighted by molar-refractivity contribution is 0.574. The predicted octanol–water partition coefficient (Wildman–Crippen LogP) is 3.21. The summed E-state index contributed by atoms with van der Waals surface area (Å²) in [4.78, 5) is 3.98. The Morgan fingerprint density at radius 1 is 1.28 bits per heavy atom. The third kappa shape index (κ3) is 2.87. The maximum Gasteiger partial charge on any atom is 0.149 e. The number of nitrogens with one attached hydrogen (secondary N) is 1. The average Bonchev–Trinajstić information content (AvgIpc) is 2.30. The third-order valence-corrected chi connectivity index (χ3v) is 2.55. The molecule has 94 valence electrons. The highest BCUT2D eigenvalue weighted by Gasteiger charge is 2.05. The minimum absolute atomic E-state index is 0.158. The molecule has 0 unspecified atom stereocenters. The first kappa shape index (κ1) is 12.6. The molecule has 0 aliphatic heterocycles. The van der Waals surface area contributed by atoms with E-state index in [-0.39, 0.29) is 6.54 Å². The van der Waals surface area contributed by atoms with Gasteiger partial charge in [0, 0.05) is 24.4 Å². The van der Waals surface area contributed by atoms with E-state index in [1.165, 1.54) is 24.4 Å². The Bertz CT molecular complexity index is 524. The van der Waals surface area contributed by atoms with Crippen LogP contribution in [0.3, 0.4) is 0 Å². The Hall–Kier alpha value is -1.88. The molecule has 3 N–H and O–H groups in total. The number of aromatic nitrogens is 1. The molecule has 0 saturated carbocycles. The molecule has 0 bridgehead atoms. The van der Waals surface area contributed by atoms with Crippen molar-refractivity contribution in [2.45, 2.75) is 6.54 Å². The average molecular weight is 270 g/mol. The number of hydrogen-bond donors (Lipinski definition) is 2. The fourth-order valence-electron chi connectivity index (χ4n) is 1.45. The van der Waals surface area contributed by atoms with Crippen LogP contribution < -0.4 is 11.1 Å². The molecular weight excluding hydrogens is 260 g/mol. The van der Waals surface area contributed by atoms with Crippen molar-refractivity contribution in [3.63, 3.8) is 0 Å². The summed E-state index contributed by atoms with van der Waals surface area (Å²) in [5, 5.41) is 3.28. The van der Waals surface area contributed by atoms with Gasteiger partial charge in [0.1, 0.15) is 17.5 Å². The lowest BCUT2D eigenvalue weighted by atomic mass is 10.2. The first-order valence-electron chi connectivity index (χ1n) is 5.15. The van der Waals surface area contributed by atoms with Crippen LogP contribution >= 0.6 is 11.6 Å². The largest absolute Gasteiger partial charge is 0.396 e. The van der Waals surface area contributed by atoms with Gasteiger partial charge < -0.3 is 11.1 Å². The quantitative estimate of drug-likeness (QED) is 0.900. The van der Waals surface area contributed by atoms with Crippen molar-refractivity contribution in [1.82, 2.24) is 4.98 Å². The maximum absolute atomic E-state index is 13.4. The molecule has 2 rings (SSSR count). The van der Waals surface area contributed by atoms with Crippen molar-refractivity contribution >= 4 is 23.1 Å². The van der Waals surface area contributed by atoms with Crippen LogP contribution in [0.5, 0.6) is 0 Å². The minimum Gasteiger partial charge on any atom is -0.396 e. The Balaban J connectivity index is 2.11. The Labute approximate surface area is 108 Å². The number of anilines is 2. The van der Waals surface area contributed by atoms with E-state index >= 15 is 0 Å². The number of nitrogen functional groups attached to an aromatic ring is 1. The smallest absolute Gasteiger partial charge is 0.149 e. The van der Waals surface area contributed by atoms with Gasteiger partial charge in [-0.25, -0.2) is 13.8 Å². The number of pyridine rings is 1. The van der Waals surface area contributed by atoms with E-state index in [0.29, 0.717) is 22.1 Å². The molecule has 0 amide bonds. The van der Waals surface area contributed by atoms with E-state index in [4.69, 9.17) is 17.3 Å². The number of hydrogen-bond acceptors (Lipinski definition) is 3. The zero-order valence-electron chi connectivity index (χ0n) is 9.25. The summed E-state index contributed by atoms with van der Waals surface area (Å²) in [6.07, 6.45) is 1.43. The van der Waals surface area contributed by atoms with Crippen LogP contribution in [0.4, 0.5) is 20.3 Å². The highest BCUT2D eigenvalue weighted by atomic mass is 35.5. The number of nitrogens with two attached hydrogens (primary N) is 1. The molecular formula is C12H10ClF2N3. The number of nitrogens with zero attached hydrogens (tertiary/aromatic N) is 1. The topological polar surface area (TPSA) is 50.9 Å². The third-order valence-electron chi connectivity index (χ3n) is 2.35. The van der Waals surface area contributed by atoms with Gasteiger partial charge in [-0.05, 0) is 12.1 Å². The molecule has 0 aliphatic carbocycles. The second kappa shape index (κ2) is 5.18. The van der Waals surface area contributed by atoms with E-state index in [2.05, 4.69) is 10.3 Å². The second-order valence-electron chi connectivity index (χ2n) is 3.68. The summed E-state index contributed by atoms with van der Waals surface area (Å²) in [7, 11) is 0. The Kier molecular flexibility index (Phi) is 3.62. The van der Waals surface area contributed by atoms with E-state index in [0.717, 1.165) is 6.07 Å². The van der Waals surface area contributed by atoms with E-state index < -0.39 is 11.6 Å². The molecule has 1 heterocycles. The van der Waals surface area contributed by atoms with Crippen molar-refractivity contribution in [3.8, 4) is 0 Å². The van der Waals surface area contributed by atoms with Gasteiger partial charge in [-0.15, -0.1) is 0 Å². The molecule has 1 aromatic heterocycles. The van der Waals surface area contributed by atoms with Crippen molar-refractivity contribution in [1.29, 1.82) is 0 Å². The molecule has 0 radical (unpaired) electrons. The van der Waals surface area contributed by atoms with Gasteiger partial charge in [0.2, 0.25) is 0 Å². The fraction of sp³-hybridized carbons (Fsp3) is 0.0833. The molecule has 2 aromatic rings. The summed E-state index contributed by atoms with van der Waals surface area (Å²) in [6, 6.07) is 4.93. The van der Waals surface area contributed by atoms with Crippen molar-refractivity contribution in [3.05, 3.63) is 52.7 Å². The van der Waals surface area contributed by atoms with Gasteiger partial charge in [-0.2, -0.15) is 0 Å². The predicted molar refractivity (Wildman–Crippen MR) is 67.3 cm³/mol. The first-order valence-corrected chi connectivity index (χ1v) is 5.53. The SMILES string of the molecule is Nc1cc(Cl)cnc1NCc1ccc(F)cc1F. The normalized spacial score (nSPS) is 10.4. The van der Waals surface area contributed by atoms with Gasteiger partial charge in [0.05, 0.1) is 10.7 Å².